The largest absolute Gasteiger partial charge is 0.326 e. The maximum atomic E-state index is 12.6. The molecule has 164 valence electrons. The van der Waals surface area contributed by atoms with Crippen LogP contribution in [0.2, 0.25) is 0 Å². The molecular weight excluding hydrogens is 432 g/mol. The first-order valence-electron chi connectivity index (χ1n) is 9.97. The third kappa shape index (κ3) is 5.92. The third-order valence-electron chi connectivity index (χ3n) is 4.67. The van der Waals surface area contributed by atoms with E-state index in [1.54, 1.807) is 0 Å². The lowest BCUT2D eigenvalue weighted by atomic mass is 10.2. The van der Waals surface area contributed by atoms with E-state index in [9.17, 15) is 9.59 Å². The van der Waals surface area contributed by atoms with E-state index in [0.29, 0.717) is 22.7 Å². The smallest absolute Gasteiger partial charge is 0.239 e. The number of aryl methyl sites for hydroxylation is 3. The highest BCUT2D eigenvalue weighted by Crippen LogP contribution is 2.26. The summed E-state index contributed by atoms with van der Waals surface area (Å²) < 4.78 is 1.86. The zero-order valence-corrected chi connectivity index (χ0v) is 19.9. The van der Waals surface area contributed by atoms with Crippen molar-refractivity contribution in [2.45, 2.75) is 58.0 Å². The van der Waals surface area contributed by atoms with E-state index in [1.807, 2.05) is 63.5 Å². The summed E-state index contributed by atoms with van der Waals surface area (Å²) in [6.45, 7) is 10.3. The van der Waals surface area contributed by atoms with Crippen LogP contribution in [0.5, 0.6) is 0 Å². The Balaban J connectivity index is 1.62. The lowest BCUT2D eigenvalue weighted by Gasteiger charge is -2.12. The molecule has 10 heteroatoms. The van der Waals surface area contributed by atoms with Crippen molar-refractivity contribution in [3.05, 3.63) is 46.2 Å². The van der Waals surface area contributed by atoms with Gasteiger partial charge in [0.25, 0.3) is 0 Å². The van der Waals surface area contributed by atoms with E-state index in [4.69, 9.17) is 0 Å². The summed E-state index contributed by atoms with van der Waals surface area (Å²) in [5.41, 5.74) is 2.79. The number of carbonyl (C=O) groups excluding carboxylic acids is 2. The van der Waals surface area contributed by atoms with Crippen LogP contribution in [0.4, 0.5) is 10.8 Å². The zero-order valence-electron chi connectivity index (χ0n) is 18.2. The molecule has 0 radical (unpaired) electrons. The van der Waals surface area contributed by atoms with Gasteiger partial charge in [-0.15, -0.1) is 21.5 Å². The molecule has 2 heterocycles. The Morgan fingerprint density at radius 1 is 1.13 bits per heavy atom. The molecule has 0 fully saturated rings. The highest BCUT2D eigenvalue weighted by Gasteiger charge is 2.21. The van der Waals surface area contributed by atoms with Crippen molar-refractivity contribution in [1.29, 1.82) is 0 Å². The number of benzene rings is 1. The molecule has 2 aromatic heterocycles. The van der Waals surface area contributed by atoms with Crippen molar-refractivity contribution in [2.75, 3.05) is 10.6 Å². The molecule has 31 heavy (non-hydrogen) atoms. The first-order valence-corrected chi connectivity index (χ1v) is 11.7. The molecule has 0 bridgehead atoms. The maximum absolute atomic E-state index is 12.6. The second-order valence-corrected chi connectivity index (χ2v) is 9.66. The van der Waals surface area contributed by atoms with Crippen LogP contribution in [-0.4, -0.2) is 36.8 Å². The molecule has 0 aliphatic carbocycles. The number of nitrogens with zero attached hydrogens (tertiary/aromatic N) is 4. The molecule has 8 nitrogen and oxygen atoms in total. The predicted octanol–water partition coefficient (Wildman–Crippen LogP) is 3.98. The van der Waals surface area contributed by atoms with Gasteiger partial charge in [0, 0.05) is 17.1 Å². The van der Waals surface area contributed by atoms with Crippen LogP contribution >= 0.6 is 23.1 Å². The molecular formula is C21H26N6O2S2. The summed E-state index contributed by atoms with van der Waals surface area (Å²) in [5, 5.41) is 14.9. The minimum atomic E-state index is -0.395. The molecule has 0 aliphatic rings. The highest BCUT2D eigenvalue weighted by molar-refractivity contribution is 8.00. The fraction of sp³-hybridized carbons (Fsp3) is 0.381. The average Bonchev–Trinajstić information content (AvgIpc) is 3.25. The molecule has 2 amide bonds. The van der Waals surface area contributed by atoms with Gasteiger partial charge in [0.15, 0.2) is 10.3 Å². The van der Waals surface area contributed by atoms with Gasteiger partial charge >= 0.3 is 0 Å². The molecule has 3 aromatic rings. The summed E-state index contributed by atoms with van der Waals surface area (Å²) in [4.78, 5) is 30.4. The number of thioether (sulfide) groups is 1. The summed E-state index contributed by atoms with van der Waals surface area (Å²) in [7, 11) is 0. The number of amides is 2. The van der Waals surface area contributed by atoms with Gasteiger partial charge in [-0.3, -0.25) is 9.59 Å². The molecule has 0 unspecified atom stereocenters. The Hall–Kier alpha value is -2.72. The van der Waals surface area contributed by atoms with Gasteiger partial charge in [-0.05, 0) is 46.8 Å². The van der Waals surface area contributed by atoms with E-state index >= 15 is 0 Å². The number of hydrogen-bond acceptors (Lipinski definition) is 7. The first-order chi connectivity index (χ1) is 14.8. The summed E-state index contributed by atoms with van der Waals surface area (Å²) in [6, 6.07) is 7.62. The van der Waals surface area contributed by atoms with Gasteiger partial charge in [-0.2, -0.15) is 0 Å². The Morgan fingerprint density at radius 3 is 2.45 bits per heavy atom. The van der Waals surface area contributed by atoms with Crippen LogP contribution in [0.15, 0.2) is 29.4 Å². The van der Waals surface area contributed by atoms with Gasteiger partial charge < -0.3 is 15.2 Å². The van der Waals surface area contributed by atoms with Gasteiger partial charge in [0.1, 0.15) is 5.82 Å². The normalized spacial score (nSPS) is 11.9. The lowest BCUT2D eigenvalue weighted by molar-refractivity contribution is -0.116. The van der Waals surface area contributed by atoms with Crippen molar-refractivity contribution in [3.63, 3.8) is 0 Å². The van der Waals surface area contributed by atoms with Crippen LogP contribution < -0.4 is 10.6 Å². The second kappa shape index (κ2) is 10.1. The molecule has 0 saturated heterocycles. The maximum Gasteiger partial charge on any atom is 0.239 e. The van der Waals surface area contributed by atoms with Gasteiger partial charge in [-0.1, -0.05) is 29.5 Å². The minimum absolute atomic E-state index is 0.105. The monoisotopic (exact) mass is 458 g/mol. The van der Waals surface area contributed by atoms with Crippen LogP contribution in [-0.2, 0) is 22.6 Å². The highest BCUT2D eigenvalue weighted by atomic mass is 32.2. The van der Waals surface area contributed by atoms with Crippen LogP contribution in [0.1, 0.15) is 35.8 Å². The molecule has 0 aliphatic heterocycles. The second-order valence-electron chi connectivity index (χ2n) is 7.14. The number of nitrogens with one attached hydrogen (secondary N) is 2. The van der Waals surface area contributed by atoms with Crippen molar-refractivity contribution >= 4 is 45.7 Å². The summed E-state index contributed by atoms with van der Waals surface area (Å²) in [5.74, 6) is 0.249. The first kappa shape index (κ1) is 23.0. The molecule has 0 saturated carbocycles. The Morgan fingerprint density at radius 2 is 1.84 bits per heavy atom. The Labute approximate surface area is 189 Å². The van der Waals surface area contributed by atoms with Crippen LogP contribution in [0.25, 0.3) is 0 Å². The number of hydrogen-bond donors (Lipinski definition) is 2. The number of anilines is 2. The number of carbonyl (C=O) groups is 2. The van der Waals surface area contributed by atoms with E-state index in [0.717, 1.165) is 21.8 Å². The minimum Gasteiger partial charge on any atom is -0.326 e. The molecule has 0 spiro atoms. The van der Waals surface area contributed by atoms with Crippen LogP contribution in [0, 0.1) is 20.8 Å². The van der Waals surface area contributed by atoms with Gasteiger partial charge in [0.05, 0.1) is 17.4 Å². The SMILES string of the molecule is CCn1c(CC(=O)Nc2ccc(C)cc2)nnc1S[C@H](C)C(=O)Nc1nc(C)c(C)s1. The fourth-order valence-corrected chi connectivity index (χ4v) is 4.53. The fourth-order valence-electron chi connectivity index (χ4n) is 2.79. The standard InChI is InChI=1S/C21H26N6O2S2/c1-6-27-17(11-18(28)23-16-9-7-12(2)8-10-16)25-26-21(27)31-15(5)19(29)24-20-22-13(3)14(4)30-20/h7-10,15H,6,11H2,1-5H3,(H,23,28)(H,22,24,29)/t15-/m1/s1. The van der Waals surface area contributed by atoms with Crippen molar-refractivity contribution in [2.24, 2.45) is 0 Å². The molecule has 3 rings (SSSR count). The third-order valence-corrected chi connectivity index (χ3v) is 6.74. The van der Waals surface area contributed by atoms with Crippen molar-refractivity contribution in [3.8, 4) is 0 Å². The quantitative estimate of drug-likeness (QED) is 0.495. The number of aromatic nitrogens is 4. The van der Waals surface area contributed by atoms with Gasteiger partial charge in [0.2, 0.25) is 11.8 Å². The predicted molar refractivity (Wildman–Crippen MR) is 125 cm³/mol. The average molecular weight is 459 g/mol. The lowest BCUT2D eigenvalue weighted by Crippen LogP contribution is -2.23. The van der Waals surface area contributed by atoms with Crippen molar-refractivity contribution < 1.29 is 9.59 Å². The van der Waals surface area contributed by atoms with E-state index in [-0.39, 0.29) is 18.2 Å². The van der Waals surface area contributed by atoms with Crippen LogP contribution in [0.3, 0.4) is 0 Å². The molecule has 1 atom stereocenters. The number of thiazole rings is 1. The van der Waals surface area contributed by atoms with E-state index < -0.39 is 5.25 Å². The zero-order chi connectivity index (χ0) is 22.5. The summed E-state index contributed by atoms with van der Waals surface area (Å²) >= 11 is 2.77. The van der Waals surface area contributed by atoms with Crippen molar-refractivity contribution in [1.82, 2.24) is 19.7 Å². The van der Waals surface area contributed by atoms with E-state index in [2.05, 4.69) is 25.8 Å². The Kier molecular flexibility index (Phi) is 7.45. The number of rotatable bonds is 8. The Bertz CT molecular complexity index is 1050. The topological polar surface area (TPSA) is 102 Å². The molecule has 1 aromatic carbocycles. The van der Waals surface area contributed by atoms with Gasteiger partial charge in [-0.25, -0.2) is 4.98 Å². The molecule has 2 N–H and O–H groups in total. The van der Waals surface area contributed by atoms with E-state index in [1.165, 1.54) is 23.1 Å². The summed E-state index contributed by atoms with van der Waals surface area (Å²) in [6.07, 6.45) is 0.105.